The molecule has 10 heteroatoms. The first-order chi connectivity index (χ1) is 15.8. The standard InChI is InChI=1S/C23H22ClN3O5S/c24-18-13-20-19(11-16(18)14-25)26-33(30,31)22-12-15(23(28)29)7-8-21(22)32-10-4-2-6-17-5-1-3-9-27(17)20/h2,4,7-8,11-13,17,26H,1,3,5-6,9-10H2,(H,28,29)/b4-2+. The molecule has 33 heavy (non-hydrogen) atoms. The number of hydrogen-bond donors (Lipinski definition) is 2. The molecule has 2 heterocycles. The lowest BCUT2D eigenvalue weighted by Crippen LogP contribution is -2.39. The average molecular weight is 488 g/mol. The highest BCUT2D eigenvalue weighted by Crippen LogP contribution is 2.38. The number of anilines is 2. The number of hydrogen-bond acceptors (Lipinski definition) is 6. The van der Waals surface area contributed by atoms with Gasteiger partial charge in [0.2, 0.25) is 0 Å². The minimum absolute atomic E-state index is 0.0325. The van der Waals surface area contributed by atoms with E-state index in [9.17, 15) is 23.6 Å². The predicted octanol–water partition coefficient (Wildman–Crippen LogP) is 4.41. The van der Waals surface area contributed by atoms with Gasteiger partial charge in [0, 0.05) is 12.6 Å². The van der Waals surface area contributed by atoms with E-state index >= 15 is 0 Å². The molecular weight excluding hydrogens is 466 g/mol. The zero-order chi connectivity index (χ0) is 23.6. The summed E-state index contributed by atoms with van der Waals surface area (Å²) in [5.74, 6) is -1.23. The molecule has 2 N–H and O–H groups in total. The van der Waals surface area contributed by atoms with E-state index in [1.54, 1.807) is 6.07 Å². The fraction of sp³-hybridized carbons (Fsp3) is 0.304. The van der Waals surface area contributed by atoms with E-state index < -0.39 is 16.0 Å². The second kappa shape index (κ2) is 9.33. The number of nitrogens with one attached hydrogen (secondary N) is 1. The van der Waals surface area contributed by atoms with Gasteiger partial charge >= 0.3 is 5.97 Å². The average Bonchev–Trinajstić information content (AvgIpc) is 2.80. The van der Waals surface area contributed by atoms with Crippen molar-refractivity contribution in [3.05, 3.63) is 58.6 Å². The summed E-state index contributed by atoms with van der Waals surface area (Å²) in [4.78, 5) is 13.3. The first-order valence-corrected chi connectivity index (χ1v) is 12.3. The zero-order valence-electron chi connectivity index (χ0n) is 17.6. The number of nitrogens with zero attached hydrogens (tertiary/aromatic N) is 2. The smallest absolute Gasteiger partial charge is 0.335 e. The van der Waals surface area contributed by atoms with Gasteiger partial charge in [0.15, 0.2) is 0 Å². The fourth-order valence-corrected chi connectivity index (χ4v) is 5.60. The Balaban J connectivity index is 1.91. The molecule has 1 saturated heterocycles. The van der Waals surface area contributed by atoms with Gasteiger partial charge in [0.25, 0.3) is 10.0 Å². The maximum atomic E-state index is 13.4. The van der Waals surface area contributed by atoms with E-state index in [0.717, 1.165) is 31.7 Å². The van der Waals surface area contributed by atoms with Crippen molar-refractivity contribution >= 4 is 39.0 Å². The highest BCUT2D eigenvalue weighted by atomic mass is 35.5. The highest BCUT2D eigenvalue weighted by molar-refractivity contribution is 7.92. The minimum atomic E-state index is -4.27. The molecule has 0 bridgehead atoms. The molecule has 2 aliphatic rings. The van der Waals surface area contributed by atoms with Crippen LogP contribution >= 0.6 is 11.6 Å². The molecule has 8 nitrogen and oxygen atoms in total. The summed E-state index contributed by atoms with van der Waals surface area (Å²) in [6.45, 7) is 0.852. The van der Waals surface area contributed by atoms with E-state index in [1.807, 2.05) is 18.2 Å². The third kappa shape index (κ3) is 4.77. The number of rotatable bonds is 1. The van der Waals surface area contributed by atoms with Gasteiger partial charge in [-0.3, -0.25) is 4.72 Å². The van der Waals surface area contributed by atoms with Gasteiger partial charge in [0.1, 0.15) is 23.3 Å². The van der Waals surface area contributed by atoms with Gasteiger partial charge in [-0.15, -0.1) is 0 Å². The van der Waals surface area contributed by atoms with Crippen LogP contribution in [0.5, 0.6) is 5.75 Å². The van der Waals surface area contributed by atoms with Crippen LogP contribution < -0.4 is 14.4 Å². The monoisotopic (exact) mass is 487 g/mol. The van der Waals surface area contributed by atoms with Crippen LogP contribution in [-0.2, 0) is 10.0 Å². The maximum absolute atomic E-state index is 13.4. The van der Waals surface area contributed by atoms with Crippen LogP contribution in [-0.4, -0.2) is 38.7 Å². The number of sulfonamides is 1. The number of carbonyl (C=O) groups is 1. The number of benzene rings is 2. The molecule has 2 aliphatic heterocycles. The Kier molecular flexibility index (Phi) is 6.49. The molecule has 172 valence electrons. The van der Waals surface area contributed by atoms with Crippen LogP contribution in [0.3, 0.4) is 0 Å². The second-order valence-electron chi connectivity index (χ2n) is 7.89. The molecule has 2 aromatic carbocycles. The van der Waals surface area contributed by atoms with Gasteiger partial charge in [-0.05, 0) is 56.0 Å². The van der Waals surface area contributed by atoms with Crippen molar-refractivity contribution in [2.45, 2.75) is 36.6 Å². The van der Waals surface area contributed by atoms with Crippen LogP contribution in [0, 0.1) is 11.3 Å². The zero-order valence-corrected chi connectivity index (χ0v) is 19.2. The van der Waals surface area contributed by atoms with Crippen LogP contribution in [0.15, 0.2) is 47.4 Å². The molecule has 2 aromatic rings. The first-order valence-electron chi connectivity index (χ1n) is 10.5. The van der Waals surface area contributed by atoms with Crippen molar-refractivity contribution in [2.75, 3.05) is 22.8 Å². The van der Waals surface area contributed by atoms with Crippen molar-refractivity contribution in [3.63, 3.8) is 0 Å². The SMILES string of the molecule is N#Cc1cc2c(cc1Cl)N1CCCCC1C/C=C/COc1ccc(C(=O)O)cc1S(=O)(=O)N2. The fourth-order valence-electron chi connectivity index (χ4n) is 4.16. The summed E-state index contributed by atoms with van der Waals surface area (Å²) in [5.41, 5.74) is 0.730. The summed E-state index contributed by atoms with van der Waals surface area (Å²) in [7, 11) is -4.27. The van der Waals surface area contributed by atoms with Gasteiger partial charge < -0.3 is 14.7 Å². The number of carboxylic acid groups (broad SMARTS) is 1. The number of piperidine rings is 1. The van der Waals surface area contributed by atoms with Crippen LogP contribution in [0.4, 0.5) is 11.4 Å². The van der Waals surface area contributed by atoms with Gasteiger partial charge in [-0.1, -0.05) is 23.8 Å². The topological polar surface area (TPSA) is 120 Å². The summed E-state index contributed by atoms with van der Waals surface area (Å²) in [5, 5.41) is 19.1. The minimum Gasteiger partial charge on any atom is -0.488 e. The number of aromatic carboxylic acids is 1. The molecule has 0 aromatic heterocycles. The molecule has 0 aliphatic carbocycles. The predicted molar refractivity (Wildman–Crippen MR) is 125 cm³/mol. The number of nitriles is 1. The third-order valence-electron chi connectivity index (χ3n) is 5.78. The molecule has 1 atom stereocenters. The molecule has 0 spiro atoms. The molecule has 1 unspecified atom stereocenters. The number of fused-ring (bicyclic) bond motifs is 4. The Morgan fingerprint density at radius 2 is 2.06 bits per heavy atom. The van der Waals surface area contributed by atoms with Crippen molar-refractivity contribution < 1.29 is 23.1 Å². The Morgan fingerprint density at radius 3 is 2.82 bits per heavy atom. The normalized spacial score (nSPS) is 20.6. The summed E-state index contributed by atoms with van der Waals surface area (Å²) in [6, 6.07) is 8.83. The van der Waals surface area contributed by atoms with E-state index in [-0.39, 0.29) is 45.1 Å². The van der Waals surface area contributed by atoms with Crippen molar-refractivity contribution in [1.82, 2.24) is 0 Å². The number of ether oxygens (including phenoxy) is 1. The highest BCUT2D eigenvalue weighted by Gasteiger charge is 2.28. The number of carboxylic acids is 1. The lowest BCUT2D eigenvalue weighted by molar-refractivity contribution is 0.0696. The second-order valence-corrected chi connectivity index (χ2v) is 9.95. The van der Waals surface area contributed by atoms with E-state index in [4.69, 9.17) is 16.3 Å². The van der Waals surface area contributed by atoms with E-state index in [0.29, 0.717) is 12.2 Å². The molecule has 0 amide bonds. The van der Waals surface area contributed by atoms with E-state index in [2.05, 4.69) is 9.62 Å². The Hall–Kier alpha value is -3.22. The number of halogens is 1. The molecule has 0 saturated carbocycles. The third-order valence-corrected chi connectivity index (χ3v) is 7.48. The summed E-state index contributed by atoms with van der Waals surface area (Å²) in [6.07, 6.45) is 7.48. The molecule has 4 rings (SSSR count). The van der Waals surface area contributed by atoms with Gasteiger partial charge in [-0.25, -0.2) is 13.2 Å². The summed E-state index contributed by atoms with van der Waals surface area (Å²) < 4.78 is 35.1. The van der Waals surface area contributed by atoms with Crippen LogP contribution in [0.1, 0.15) is 41.6 Å². The van der Waals surface area contributed by atoms with Crippen molar-refractivity contribution in [3.8, 4) is 11.8 Å². The lowest BCUT2D eigenvalue weighted by atomic mass is 9.97. The van der Waals surface area contributed by atoms with Crippen LogP contribution in [0.2, 0.25) is 5.02 Å². The maximum Gasteiger partial charge on any atom is 0.335 e. The van der Waals surface area contributed by atoms with E-state index in [1.165, 1.54) is 18.2 Å². The largest absolute Gasteiger partial charge is 0.488 e. The van der Waals surface area contributed by atoms with Gasteiger partial charge in [-0.2, -0.15) is 5.26 Å². The molecule has 1 fully saturated rings. The van der Waals surface area contributed by atoms with Gasteiger partial charge in [0.05, 0.1) is 27.5 Å². The Morgan fingerprint density at radius 1 is 1.24 bits per heavy atom. The Labute approximate surface area is 197 Å². The van der Waals surface area contributed by atoms with Crippen molar-refractivity contribution in [1.29, 1.82) is 5.26 Å². The van der Waals surface area contributed by atoms with Crippen molar-refractivity contribution in [2.24, 2.45) is 0 Å². The first kappa shape index (κ1) is 23.0. The lowest BCUT2D eigenvalue weighted by Gasteiger charge is -2.38. The molecule has 0 radical (unpaired) electrons. The molecular formula is C23H22ClN3O5S. The summed E-state index contributed by atoms with van der Waals surface area (Å²) >= 11 is 6.33. The van der Waals surface area contributed by atoms with Crippen LogP contribution in [0.25, 0.3) is 0 Å². The quantitative estimate of drug-likeness (QED) is 0.571. The Bertz CT molecular complexity index is 1270.